The average Bonchev–Trinajstić information content (AvgIpc) is 2.58. The van der Waals surface area contributed by atoms with Crippen molar-refractivity contribution in [3.8, 4) is 5.75 Å². The van der Waals surface area contributed by atoms with Gasteiger partial charge in [-0.1, -0.05) is 30.3 Å². The first kappa shape index (κ1) is 14.4. The minimum absolute atomic E-state index is 0.0238. The van der Waals surface area contributed by atoms with Crippen molar-refractivity contribution in [2.45, 2.75) is 13.2 Å². The van der Waals surface area contributed by atoms with Gasteiger partial charge < -0.3 is 14.4 Å². The molecule has 0 saturated carbocycles. The van der Waals surface area contributed by atoms with Crippen LogP contribution in [0.25, 0.3) is 10.8 Å². The number of methoxy groups -OCH3 is 1. The third kappa shape index (κ3) is 2.73. The van der Waals surface area contributed by atoms with Gasteiger partial charge in [0.05, 0.1) is 25.6 Å². The van der Waals surface area contributed by atoms with Crippen LogP contribution in [0.5, 0.6) is 5.75 Å². The van der Waals surface area contributed by atoms with Gasteiger partial charge in [-0.25, -0.2) is 0 Å². The van der Waals surface area contributed by atoms with Crippen LogP contribution in [0.4, 0.5) is 0 Å². The molecule has 0 aliphatic carbocycles. The summed E-state index contributed by atoms with van der Waals surface area (Å²) in [4.78, 5) is 12.6. The van der Waals surface area contributed by atoms with Crippen LogP contribution in [0.2, 0.25) is 0 Å². The van der Waals surface area contributed by atoms with Gasteiger partial charge in [0.25, 0.3) is 5.56 Å². The zero-order valence-corrected chi connectivity index (χ0v) is 12.3. The first-order chi connectivity index (χ1) is 10.7. The predicted octanol–water partition coefficient (Wildman–Crippen LogP) is 2.55. The van der Waals surface area contributed by atoms with E-state index in [1.807, 2.05) is 42.5 Å². The number of fused-ring (bicyclic) bond motifs is 1. The van der Waals surface area contributed by atoms with Gasteiger partial charge in [0, 0.05) is 6.20 Å². The van der Waals surface area contributed by atoms with Crippen LogP contribution in [0.15, 0.2) is 59.5 Å². The smallest absolute Gasteiger partial charge is 0.258 e. The summed E-state index contributed by atoms with van der Waals surface area (Å²) in [5.41, 5.74) is 1.84. The quantitative estimate of drug-likeness (QED) is 0.805. The highest BCUT2D eigenvalue weighted by Gasteiger charge is 2.05. The molecule has 0 bridgehead atoms. The Bertz CT molecular complexity index is 850. The summed E-state index contributed by atoms with van der Waals surface area (Å²) in [5, 5.41) is 10.6. The lowest BCUT2D eigenvalue weighted by Crippen LogP contribution is -2.20. The average molecular weight is 295 g/mol. The lowest BCUT2D eigenvalue weighted by Gasteiger charge is -2.09. The maximum absolute atomic E-state index is 12.6. The molecule has 22 heavy (non-hydrogen) atoms. The van der Waals surface area contributed by atoms with Gasteiger partial charge in [0.1, 0.15) is 5.75 Å². The molecule has 112 valence electrons. The van der Waals surface area contributed by atoms with E-state index in [4.69, 9.17) is 9.84 Å². The maximum atomic E-state index is 12.6. The summed E-state index contributed by atoms with van der Waals surface area (Å²) in [6.07, 6.45) is 1.80. The molecule has 0 spiro atoms. The van der Waals surface area contributed by atoms with Crippen LogP contribution in [0, 0.1) is 0 Å². The Balaban J connectivity index is 1.99. The maximum Gasteiger partial charge on any atom is 0.258 e. The van der Waals surface area contributed by atoms with Crippen LogP contribution >= 0.6 is 0 Å². The monoisotopic (exact) mass is 295 g/mol. The third-order valence-corrected chi connectivity index (χ3v) is 3.74. The standard InChI is InChI=1S/C18H17NO3/c1-22-16-7-6-15-8-9-19(18(21)17(15)10-16)11-13-2-4-14(12-20)5-3-13/h2-10,20H,11-12H2,1H3. The van der Waals surface area contributed by atoms with E-state index < -0.39 is 0 Å². The molecule has 0 saturated heterocycles. The van der Waals surface area contributed by atoms with Crippen molar-refractivity contribution in [1.82, 2.24) is 4.57 Å². The second-order valence-corrected chi connectivity index (χ2v) is 5.18. The lowest BCUT2D eigenvalue weighted by molar-refractivity contribution is 0.282. The topological polar surface area (TPSA) is 51.5 Å². The third-order valence-electron chi connectivity index (χ3n) is 3.74. The largest absolute Gasteiger partial charge is 0.497 e. The Morgan fingerprint density at radius 1 is 1.05 bits per heavy atom. The van der Waals surface area contributed by atoms with E-state index in [1.54, 1.807) is 23.9 Å². The molecule has 0 amide bonds. The SMILES string of the molecule is COc1ccc2ccn(Cc3ccc(CO)cc3)c(=O)c2c1. The van der Waals surface area contributed by atoms with Crippen LogP contribution in [-0.4, -0.2) is 16.8 Å². The Hall–Kier alpha value is -2.59. The normalized spacial score (nSPS) is 10.8. The molecule has 3 rings (SSSR count). The summed E-state index contributed by atoms with van der Waals surface area (Å²) in [6, 6.07) is 15.0. The van der Waals surface area contributed by atoms with Gasteiger partial charge in [-0.05, 0) is 34.7 Å². The highest BCUT2D eigenvalue weighted by molar-refractivity contribution is 5.82. The summed E-state index contributed by atoms with van der Waals surface area (Å²) in [7, 11) is 1.59. The van der Waals surface area contributed by atoms with E-state index in [-0.39, 0.29) is 12.2 Å². The molecule has 0 unspecified atom stereocenters. The van der Waals surface area contributed by atoms with Crippen LogP contribution in [-0.2, 0) is 13.2 Å². The number of rotatable bonds is 4. The number of hydrogen-bond donors (Lipinski definition) is 1. The Labute approximate surface area is 128 Å². The zero-order chi connectivity index (χ0) is 15.5. The first-order valence-electron chi connectivity index (χ1n) is 7.07. The number of hydrogen-bond acceptors (Lipinski definition) is 3. The molecule has 2 aromatic carbocycles. The fourth-order valence-electron chi connectivity index (χ4n) is 2.46. The molecule has 0 aliphatic heterocycles. The Morgan fingerprint density at radius 3 is 2.45 bits per heavy atom. The van der Waals surface area contributed by atoms with Crippen LogP contribution in [0.1, 0.15) is 11.1 Å². The van der Waals surface area contributed by atoms with E-state index in [0.29, 0.717) is 17.7 Å². The van der Waals surface area contributed by atoms with E-state index >= 15 is 0 Å². The van der Waals surface area contributed by atoms with Crippen molar-refractivity contribution in [2.24, 2.45) is 0 Å². The van der Waals surface area contributed by atoms with Crippen molar-refractivity contribution in [1.29, 1.82) is 0 Å². The molecule has 4 nitrogen and oxygen atoms in total. The van der Waals surface area contributed by atoms with Crippen molar-refractivity contribution in [2.75, 3.05) is 7.11 Å². The van der Waals surface area contributed by atoms with Crippen LogP contribution < -0.4 is 10.3 Å². The number of nitrogens with zero attached hydrogens (tertiary/aromatic N) is 1. The molecule has 4 heteroatoms. The molecular weight excluding hydrogens is 278 g/mol. The van der Waals surface area contributed by atoms with E-state index in [9.17, 15) is 4.79 Å². The minimum atomic E-state index is -0.0392. The molecule has 0 radical (unpaired) electrons. The summed E-state index contributed by atoms with van der Waals surface area (Å²) < 4.78 is 6.87. The number of benzene rings is 2. The molecule has 1 heterocycles. The van der Waals surface area contributed by atoms with Crippen molar-refractivity contribution in [3.63, 3.8) is 0 Å². The van der Waals surface area contributed by atoms with Gasteiger partial charge in [-0.15, -0.1) is 0 Å². The van der Waals surface area contributed by atoms with E-state index in [0.717, 1.165) is 16.5 Å². The van der Waals surface area contributed by atoms with Gasteiger partial charge in [0.15, 0.2) is 0 Å². The molecular formula is C18H17NO3. The van der Waals surface area contributed by atoms with Crippen molar-refractivity contribution in [3.05, 3.63) is 76.2 Å². The number of pyridine rings is 1. The van der Waals surface area contributed by atoms with Gasteiger partial charge in [-0.2, -0.15) is 0 Å². The minimum Gasteiger partial charge on any atom is -0.497 e. The number of aliphatic hydroxyl groups is 1. The molecule has 0 atom stereocenters. The fraction of sp³-hybridized carbons (Fsp3) is 0.167. The predicted molar refractivity (Wildman–Crippen MR) is 86.2 cm³/mol. The number of aliphatic hydroxyl groups excluding tert-OH is 1. The Morgan fingerprint density at radius 2 is 1.77 bits per heavy atom. The Kier molecular flexibility index (Phi) is 3.94. The molecule has 1 aromatic heterocycles. The van der Waals surface area contributed by atoms with E-state index in [2.05, 4.69) is 0 Å². The second kappa shape index (κ2) is 6.03. The lowest BCUT2D eigenvalue weighted by atomic mass is 10.1. The highest BCUT2D eigenvalue weighted by Crippen LogP contribution is 2.17. The van der Waals surface area contributed by atoms with Crippen LogP contribution in [0.3, 0.4) is 0 Å². The second-order valence-electron chi connectivity index (χ2n) is 5.18. The number of ether oxygens (including phenoxy) is 1. The molecule has 0 fully saturated rings. The molecule has 1 N–H and O–H groups in total. The van der Waals surface area contributed by atoms with Crippen molar-refractivity contribution < 1.29 is 9.84 Å². The zero-order valence-electron chi connectivity index (χ0n) is 12.3. The highest BCUT2D eigenvalue weighted by atomic mass is 16.5. The van der Waals surface area contributed by atoms with Gasteiger partial charge >= 0.3 is 0 Å². The summed E-state index contributed by atoms with van der Waals surface area (Å²) in [5.74, 6) is 0.676. The fourth-order valence-corrected chi connectivity index (χ4v) is 2.46. The molecule has 3 aromatic rings. The van der Waals surface area contributed by atoms with Gasteiger partial charge in [0.2, 0.25) is 0 Å². The van der Waals surface area contributed by atoms with Crippen molar-refractivity contribution >= 4 is 10.8 Å². The number of aromatic nitrogens is 1. The van der Waals surface area contributed by atoms with Gasteiger partial charge in [-0.3, -0.25) is 4.79 Å². The first-order valence-corrected chi connectivity index (χ1v) is 7.07. The van der Waals surface area contributed by atoms with E-state index in [1.165, 1.54) is 0 Å². The summed E-state index contributed by atoms with van der Waals surface area (Å²) >= 11 is 0. The summed E-state index contributed by atoms with van der Waals surface area (Å²) in [6.45, 7) is 0.522. The molecule has 0 aliphatic rings.